The molecule has 0 atom stereocenters. The summed E-state index contributed by atoms with van der Waals surface area (Å²) in [6.45, 7) is 0.335. The van der Waals surface area contributed by atoms with Crippen LogP contribution in [-0.4, -0.2) is 0 Å². The van der Waals surface area contributed by atoms with Gasteiger partial charge in [0.05, 0.1) is 24.1 Å². The zero-order chi connectivity index (χ0) is 14.4. The van der Waals surface area contributed by atoms with Crippen LogP contribution in [0.25, 0.3) is 0 Å². The number of benzene rings is 2. The van der Waals surface area contributed by atoms with Crippen molar-refractivity contribution in [3.8, 4) is 17.9 Å². The summed E-state index contributed by atoms with van der Waals surface area (Å²) in [5.74, 6) is 0.715. The minimum absolute atomic E-state index is 0.335. The van der Waals surface area contributed by atoms with E-state index in [1.807, 2.05) is 30.3 Å². The second-order valence-corrected chi connectivity index (χ2v) is 4.59. The smallest absolute Gasteiger partial charge is 0.119 e. The number of hydrogen-bond acceptors (Lipinski definition) is 3. The molecule has 0 aliphatic rings. The Hall–Kier alpha value is -2.49. The molecule has 0 aromatic heterocycles. The van der Waals surface area contributed by atoms with E-state index < -0.39 is 0 Å². The monoisotopic (exact) mass is 282 g/mol. The highest BCUT2D eigenvalue weighted by atomic mass is 35.5. The lowest BCUT2D eigenvalue weighted by atomic mass is 10.1. The van der Waals surface area contributed by atoms with Gasteiger partial charge in [-0.25, -0.2) is 0 Å². The predicted octanol–water partition coefficient (Wildman–Crippen LogP) is 3.86. The van der Waals surface area contributed by atoms with Crippen LogP contribution in [0.1, 0.15) is 16.7 Å². The Morgan fingerprint density at radius 1 is 1.05 bits per heavy atom. The number of nitriles is 2. The summed E-state index contributed by atoms with van der Waals surface area (Å²) in [5.41, 5.74) is 2.31. The number of ether oxygens (including phenoxy) is 1. The van der Waals surface area contributed by atoms with Crippen LogP contribution in [0.15, 0.2) is 42.5 Å². The first kappa shape index (κ1) is 13.9. The first-order chi connectivity index (χ1) is 9.72. The zero-order valence-corrected chi connectivity index (χ0v) is 11.4. The van der Waals surface area contributed by atoms with E-state index in [1.165, 1.54) is 0 Å². The van der Waals surface area contributed by atoms with Crippen molar-refractivity contribution in [2.24, 2.45) is 0 Å². The molecule has 2 aromatic carbocycles. The van der Waals surface area contributed by atoms with E-state index in [2.05, 4.69) is 6.07 Å². The van der Waals surface area contributed by atoms with E-state index in [0.29, 0.717) is 29.4 Å². The Bertz CT molecular complexity index is 681. The number of hydrogen-bond donors (Lipinski definition) is 0. The molecule has 2 aromatic rings. The summed E-state index contributed by atoms with van der Waals surface area (Å²) in [7, 11) is 0. The van der Waals surface area contributed by atoms with Crippen molar-refractivity contribution < 1.29 is 4.74 Å². The molecule has 3 nitrogen and oxygen atoms in total. The highest BCUT2D eigenvalue weighted by Gasteiger charge is 2.03. The quantitative estimate of drug-likeness (QED) is 0.855. The molecule has 2 rings (SSSR count). The van der Waals surface area contributed by atoms with Gasteiger partial charge >= 0.3 is 0 Å². The van der Waals surface area contributed by atoms with Crippen LogP contribution in [0.5, 0.6) is 5.75 Å². The van der Waals surface area contributed by atoms with Crippen LogP contribution in [0, 0.1) is 22.7 Å². The number of halogens is 1. The van der Waals surface area contributed by atoms with Crippen LogP contribution in [0.3, 0.4) is 0 Å². The van der Waals surface area contributed by atoms with E-state index in [4.69, 9.17) is 26.9 Å². The van der Waals surface area contributed by atoms with Gasteiger partial charge in [-0.3, -0.25) is 0 Å². The van der Waals surface area contributed by atoms with E-state index in [0.717, 1.165) is 11.1 Å². The van der Waals surface area contributed by atoms with Crippen LogP contribution in [-0.2, 0) is 13.0 Å². The van der Waals surface area contributed by atoms with Crippen LogP contribution >= 0.6 is 11.6 Å². The average molecular weight is 283 g/mol. The van der Waals surface area contributed by atoms with Gasteiger partial charge in [0.2, 0.25) is 0 Å². The van der Waals surface area contributed by atoms with Gasteiger partial charge < -0.3 is 4.74 Å². The van der Waals surface area contributed by atoms with Gasteiger partial charge in [0.1, 0.15) is 12.4 Å². The number of rotatable bonds is 4. The maximum absolute atomic E-state index is 8.77. The minimum Gasteiger partial charge on any atom is -0.489 e. The molecule has 0 aliphatic carbocycles. The molecular formula is C16H11ClN2O. The Kier molecular flexibility index (Phi) is 4.60. The third kappa shape index (κ3) is 3.51. The Morgan fingerprint density at radius 3 is 2.40 bits per heavy atom. The average Bonchev–Trinajstić information content (AvgIpc) is 2.48. The van der Waals surface area contributed by atoms with Crippen molar-refractivity contribution >= 4 is 11.6 Å². The fraction of sp³-hybridized carbons (Fsp3) is 0.125. The van der Waals surface area contributed by atoms with Gasteiger partial charge in [-0.2, -0.15) is 10.5 Å². The van der Waals surface area contributed by atoms with Crippen molar-refractivity contribution in [1.29, 1.82) is 10.5 Å². The first-order valence-electron chi connectivity index (χ1n) is 6.00. The van der Waals surface area contributed by atoms with Crippen molar-refractivity contribution in [3.05, 3.63) is 64.2 Å². The third-order valence-electron chi connectivity index (χ3n) is 2.78. The van der Waals surface area contributed by atoms with Crippen LogP contribution in [0.2, 0.25) is 5.02 Å². The SMILES string of the molecule is N#CCc1ccc(OCc2ccc(C#N)cc2Cl)cc1. The molecule has 0 N–H and O–H groups in total. The molecule has 0 amide bonds. The summed E-state index contributed by atoms with van der Waals surface area (Å²) in [6.07, 6.45) is 0.391. The van der Waals surface area contributed by atoms with Gasteiger partial charge in [-0.15, -0.1) is 0 Å². The second kappa shape index (κ2) is 6.61. The summed E-state index contributed by atoms with van der Waals surface area (Å²) in [4.78, 5) is 0. The summed E-state index contributed by atoms with van der Waals surface area (Å²) < 4.78 is 5.63. The lowest BCUT2D eigenvalue weighted by molar-refractivity contribution is 0.306. The van der Waals surface area contributed by atoms with Gasteiger partial charge in [0.25, 0.3) is 0 Å². The molecular weight excluding hydrogens is 272 g/mol. The second-order valence-electron chi connectivity index (χ2n) is 4.19. The van der Waals surface area contributed by atoms with Crippen molar-refractivity contribution in [3.63, 3.8) is 0 Å². The van der Waals surface area contributed by atoms with E-state index in [-0.39, 0.29) is 0 Å². The Labute approximate surface area is 122 Å². The van der Waals surface area contributed by atoms with Crippen LogP contribution < -0.4 is 4.74 Å². The molecule has 98 valence electrons. The normalized spacial score (nSPS) is 9.55. The van der Waals surface area contributed by atoms with Crippen molar-refractivity contribution in [2.45, 2.75) is 13.0 Å². The molecule has 4 heteroatoms. The summed E-state index contributed by atoms with van der Waals surface area (Å²) >= 11 is 6.07. The Balaban J connectivity index is 2.02. The standard InChI is InChI=1S/C16H11ClN2O/c17-16-9-13(10-19)1-4-14(16)11-20-15-5-2-12(3-6-15)7-8-18/h1-6,9H,7,11H2. The van der Waals surface area contributed by atoms with Crippen molar-refractivity contribution in [2.75, 3.05) is 0 Å². The molecule has 0 saturated heterocycles. The highest BCUT2D eigenvalue weighted by molar-refractivity contribution is 6.31. The maximum atomic E-state index is 8.77. The number of nitrogens with zero attached hydrogens (tertiary/aromatic N) is 2. The first-order valence-corrected chi connectivity index (χ1v) is 6.38. The van der Waals surface area contributed by atoms with Gasteiger partial charge in [-0.05, 0) is 29.8 Å². The fourth-order valence-electron chi connectivity index (χ4n) is 1.69. The fourth-order valence-corrected chi connectivity index (χ4v) is 1.92. The van der Waals surface area contributed by atoms with Gasteiger partial charge in [0.15, 0.2) is 0 Å². The molecule has 20 heavy (non-hydrogen) atoms. The third-order valence-corrected chi connectivity index (χ3v) is 3.13. The lowest BCUT2D eigenvalue weighted by Gasteiger charge is -2.08. The van der Waals surface area contributed by atoms with Crippen LogP contribution in [0.4, 0.5) is 0 Å². The molecule has 0 heterocycles. The summed E-state index contributed by atoms with van der Waals surface area (Å²) in [6, 6.07) is 16.6. The van der Waals surface area contributed by atoms with Crippen molar-refractivity contribution in [1.82, 2.24) is 0 Å². The van der Waals surface area contributed by atoms with E-state index in [9.17, 15) is 0 Å². The lowest BCUT2D eigenvalue weighted by Crippen LogP contribution is -1.97. The minimum atomic E-state index is 0.335. The van der Waals surface area contributed by atoms with Gasteiger partial charge in [0, 0.05) is 10.6 Å². The maximum Gasteiger partial charge on any atom is 0.119 e. The Morgan fingerprint density at radius 2 is 1.80 bits per heavy atom. The predicted molar refractivity (Wildman–Crippen MR) is 76.3 cm³/mol. The zero-order valence-electron chi connectivity index (χ0n) is 10.6. The molecule has 0 aliphatic heterocycles. The van der Waals surface area contributed by atoms with E-state index >= 15 is 0 Å². The van der Waals surface area contributed by atoms with E-state index in [1.54, 1.807) is 18.2 Å². The molecule has 0 unspecified atom stereocenters. The molecule has 0 fully saturated rings. The largest absolute Gasteiger partial charge is 0.489 e. The van der Waals surface area contributed by atoms with Gasteiger partial charge in [-0.1, -0.05) is 29.8 Å². The topological polar surface area (TPSA) is 56.8 Å². The molecule has 0 bridgehead atoms. The summed E-state index contributed by atoms with van der Waals surface area (Å²) in [5, 5.41) is 17.9. The highest BCUT2D eigenvalue weighted by Crippen LogP contribution is 2.20. The molecule has 0 spiro atoms. The molecule has 0 saturated carbocycles. The molecule has 0 radical (unpaired) electrons.